The zero-order valence-electron chi connectivity index (χ0n) is 17.6. The van der Waals surface area contributed by atoms with Crippen LogP contribution in [0.2, 0.25) is 0 Å². The maximum absolute atomic E-state index is 9.54. The minimum absolute atomic E-state index is 0. The Hall–Kier alpha value is -0.254. The van der Waals surface area contributed by atoms with Crippen LogP contribution in [0.15, 0.2) is 0 Å². The second-order valence-electron chi connectivity index (χ2n) is 5.70. The average Bonchev–Trinajstić information content (AvgIpc) is 2.32. The van der Waals surface area contributed by atoms with Gasteiger partial charge in [0.15, 0.2) is 0 Å². The summed E-state index contributed by atoms with van der Waals surface area (Å²) in [5.41, 5.74) is 0. The fraction of sp³-hybridized carbons (Fsp3) is 0.750. The van der Waals surface area contributed by atoms with Gasteiger partial charge in [-0.3, -0.25) is 0 Å². The third kappa shape index (κ3) is 80.1. The van der Waals surface area contributed by atoms with E-state index in [1.54, 1.807) is 0 Å². The van der Waals surface area contributed by atoms with Gasteiger partial charge >= 0.3 is 60.8 Å². The van der Waals surface area contributed by atoms with E-state index in [1.807, 2.05) is 0 Å². The Morgan fingerprint density at radius 1 is 0.533 bits per heavy atom. The van der Waals surface area contributed by atoms with Gasteiger partial charge in [-0.1, -0.05) is 0 Å². The van der Waals surface area contributed by atoms with E-state index < -0.39 is 48.3 Å². The smallest absolute Gasteiger partial charge is 0.550 e. The Kier molecular flexibility index (Phi) is 41.8. The van der Waals surface area contributed by atoms with Crippen molar-refractivity contribution in [2.24, 2.45) is 0 Å². The van der Waals surface area contributed by atoms with Crippen molar-refractivity contribution < 1.29 is 60.0 Å². The molecule has 14 heteroatoms. The molecule has 0 spiro atoms. The van der Waals surface area contributed by atoms with Crippen molar-refractivity contribution in [2.45, 2.75) is 77.8 Å². The molecule has 0 amide bonds. The van der Waals surface area contributed by atoms with E-state index in [4.69, 9.17) is 20.4 Å². The number of hydrogen-bond acceptors (Lipinski definition) is 12. The summed E-state index contributed by atoms with van der Waals surface area (Å²) < 4.78 is 0. The monoisotopic (exact) mass is 476 g/mol. The molecule has 30 heavy (non-hydrogen) atoms. The van der Waals surface area contributed by atoms with Crippen LogP contribution in [0.4, 0.5) is 0 Å². The summed E-state index contributed by atoms with van der Waals surface area (Å²) in [7, 11) is 0. The van der Waals surface area contributed by atoms with E-state index >= 15 is 0 Å². The molecule has 168 valence electrons. The minimum Gasteiger partial charge on any atom is -0.550 e. The maximum Gasteiger partial charge on any atom is 2.00 e. The fourth-order valence-corrected chi connectivity index (χ4v) is 0.965. The van der Waals surface area contributed by atoms with Crippen LogP contribution in [-0.4, -0.2) is 130 Å². The summed E-state index contributed by atoms with van der Waals surface area (Å²) in [5, 5.41) is 71.4. The van der Waals surface area contributed by atoms with Gasteiger partial charge in [-0.25, -0.2) is 0 Å². The topological polar surface area (TPSA) is 241 Å². The van der Waals surface area contributed by atoms with Gasteiger partial charge < -0.3 is 60.0 Å². The van der Waals surface area contributed by atoms with Crippen molar-refractivity contribution in [3.05, 3.63) is 0 Å². The number of aliphatic hydroxyl groups is 4. The van der Waals surface area contributed by atoms with Crippen molar-refractivity contribution in [3.8, 4) is 0 Å². The molecule has 0 bridgehead atoms. The summed E-state index contributed by atoms with van der Waals surface area (Å²) in [4.78, 5) is 38.2. The zero-order chi connectivity index (χ0) is 23.4. The van der Waals surface area contributed by atoms with E-state index in [-0.39, 0.29) is 86.5 Å². The zero-order valence-corrected chi connectivity index (χ0v) is 21.2. The van der Waals surface area contributed by atoms with Gasteiger partial charge in [-0.15, -0.1) is 0 Å². The molecule has 4 N–H and O–H groups in total. The predicted molar refractivity (Wildman–Crippen MR) is 96.7 cm³/mol. The van der Waals surface area contributed by atoms with Gasteiger partial charge in [0, 0.05) is 49.6 Å². The molecule has 12 nitrogen and oxygen atoms in total. The number of rotatable bonds is 8. The van der Waals surface area contributed by atoms with Gasteiger partial charge in [0.05, 0.1) is 24.4 Å². The Bertz CT molecular complexity index is 362. The third-order valence-corrected chi connectivity index (χ3v) is 1.85. The van der Waals surface area contributed by atoms with E-state index in [0.29, 0.717) is 0 Å². The minimum atomic E-state index is -1.21. The van der Waals surface area contributed by atoms with Crippen molar-refractivity contribution >= 4 is 84.7 Å². The van der Waals surface area contributed by atoms with Crippen LogP contribution in [0.1, 0.15) is 53.4 Å². The molecule has 0 fully saturated rings. The van der Waals surface area contributed by atoms with Gasteiger partial charge in [-0.2, -0.15) is 0 Å². The van der Waals surface area contributed by atoms with Crippen LogP contribution in [-0.2, 0) is 19.2 Å². The Balaban J connectivity index is -0.0000000626. The number of hydrogen-bond donors (Lipinski definition) is 4. The van der Waals surface area contributed by atoms with Crippen LogP contribution in [0.3, 0.4) is 0 Å². The van der Waals surface area contributed by atoms with Crippen LogP contribution < -0.4 is 20.4 Å². The summed E-state index contributed by atoms with van der Waals surface area (Å²) in [6, 6.07) is 0. The van der Waals surface area contributed by atoms with E-state index in [0.717, 1.165) is 0 Å². The molecule has 0 radical (unpaired) electrons. The third-order valence-electron chi connectivity index (χ3n) is 1.85. The number of aliphatic hydroxyl groups excluding tert-OH is 4. The summed E-state index contributed by atoms with van der Waals surface area (Å²) in [6.07, 6.45) is -4.26. The predicted octanol–water partition coefficient (Wildman–Crippen LogP) is -6.73. The molecule has 0 saturated carbocycles. The number of carboxylic acid groups (broad SMARTS) is 4. The van der Waals surface area contributed by atoms with Gasteiger partial charge in [0.25, 0.3) is 0 Å². The van der Waals surface area contributed by atoms with Crippen LogP contribution >= 0.6 is 0 Å². The molecular weight excluding hydrogens is 449 g/mol. The van der Waals surface area contributed by atoms with Crippen molar-refractivity contribution in [1.29, 1.82) is 0 Å². The molecule has 0 aromatic rings. The van der Waals surface area contributed by atoms with Crippen LogP contribution in [0.25, 0.3) is 0 Å². The first-order chi connectivity index (χ1) is 12.5. The van der Waals surface area contributed by atoms with Crippen molar-refractivity contribution in [2.75, 3.05) is 0 Å². The molecule has 4 atom stereocenters. The standard InChI is InChI=1S/4C4H8O3.Ca.Mg/c4*1-3(5)2-4(6)7;;/h4*3,5H,2H2,1H3,(H,6,7);;/q;;;;2*+2/p-4/t4*3-;;/m1111../s1. The average molecular weight is 477 g/mol. The maximum atomic E-state index is 9.54. The molecule has 0 aliphatic heterocycles. The molecular formula is C16H28CaMgO12. The Morgan fingerprint density at radius 2 is 0.633 bits per heavy atom. The number of aliphatic carboxylic acids is 4. The number of carbonyl (C=O) groups is 4. The molecule has 0 aliphatic carbocycles. The summed E-state index contributed by atoms with van der Waals surface area (Å²) in [5.74, 6) is -4.85. The van der Waals surface area contributed by atoms with Crippen LogP contribution in [0.5, 0.6) is 0 Å². The molecule has 0 unspecified atom stereocenters. The van der Waals surface area contributed by atoms with Gasteiger partial charge in [0.2, 0.25) is 0 Å². The second-order valence-corrected chi connectivity index (χ2v) is 5.70. The molecule has 0 aliphatic rings. The molecule has 0 aromatic heterocycles. The quantitative estimate of drug-likeness (QED) is 0.239. The first-order valence-corrected chi connectivity index (χ1v) is 8.02. The molecule has 0 heterocycles. The Labute approximate surface area is 221 Å². The first-order valence-electron chi connectivity index (χ1n) is 8.02. The summed E-state index contributed by atoms with van der Waals surface area (Å²) >= 11 is 0. The second kappa shape index (κ2) is 28.7. The SMILES string of the molecule is C[C@@H](O)CC(=O)[O-].C[C@@H](O)CC(=O)[O-].C[C@@H](O)CC(=O)[O-].C[C@@H](O)CC(=O)[O-].[Ca+2].[Mg+2]. The van der Waals surface area contributed by atoms with Crippen molar-refractivity contribution in [1.82, 2.24) is 0 Å². The largest absolute Gasteiger partial charge is 2.00 e. The molecule has 0 aromatic carbocycles. The van der Waals surface area contributed by atoms with Crippen molar-refractivity contribution in [3.63, 3.8) is 0 Å². The number of carboxylic acids is 4. The van der Waals surface area contributed by atoms with E-state index in [9.17, 15) is 39.6 Å². The fourth-order valence-electron chi connectivity index (χ4n) is 0.965. The van der Waals surface area contributed by atoms with E-state index in [1.165, 1.54) is 27.7 Å². The van der Waals surface area contributed by atoms with Gasteiger partial charge in [-0.05, 0) is 27.7 Å². The Morgan fingerprint density at radius 3 is 0.633 bits per heavy atom. The van der Waals surface area contributed by atoms with E-state index in [2.05, 4.69) is 0 Å². The summed E-state index contributed by atoms with van der Waals surface area (Å²) in [6.45, 7) is 5.59. The van der Waals surface area contributed by atoms with Crippen LogP contribution in [0, 0.1) is 0 Å². The molecule has 0 saturated heterocycles. The first kappa shape index (κ1) is 43.6. The normalized spacial score (nSPS) is 12.5. The van der Waals surface area contributed by atoms with Gasteiger partial charge in [0.1, 0.15) is 0 Å². The number of carbonyl (C=O) groups excluding carboxylic acids is 4. The molecule has 0 rings (SSSR count).